The third-order valence-electron chi connectivity index (χ3n) is 4.61. The molecular formula is C19H26N4OS. The van der Waals surface area contributed by atoms with Gasteiger partial charge in [-0.05, 0) is 52.2 Å². The Bertz CT molecular complexity index is 737. The van der Waals surface area contributed by atoms with Crippen molar-refractivity contribution in [3.8, 4) is 5.69 Å². The average molecular weight is 359 g/mol. The van der Waals surface area contributed by atoms with Crippen LogP contribution in [0.5, 0.6) is 0 Å². The first-order chi connectivity index (χ1) is 11.9. The molecule has 0 aliphatic heterocycles. The van der Waals surface area contributed by atoms with Gasteiger partial charge in [-0.25, -0.2) is 0 Å². The second-order valence-corrected chi connectivity index (χ2v) is 8.58. The third-order valence-corrected chi connectivity index (χ3v) is 5.65. The van der Waals surface area contributed by atoms with Crippen LogP contribution in [0, 0.1) is 0 Å². The molecular weight excluding hydrogens is 332 g/mol. The summed E-state index contributed by atoms with van der Waals surface area (Å²) in [6.45, 7) is 8.08. The highest BCUT2D eigenvalue weighted by Crippen LogP contribution is 2.41. The van der Waals surface area contributed by atoms with Gasteiger partial charge in [-0.2, -0.15) is 0 Å². The largest absolute Gasteiger partial charge is 0.350 e. The number of amides is 1. The van der Waals surface area contributed by atoms with Crippen LogP contribution < -0.4 is 5.32 Å². The zero-order valence-electron chi connectivity index (χ0n) is 15.3. The van der Waals surface area contributed by atoms with Crippen LogP contribution in [0.25, 0.3) is 5.69 Å². The number of hydrogen-bond donors (Lipinski definition) is 1. The molecule has 1 aliphatic carbocycles. The Morgan fingerprint density at radius 3 is 2.60 bits per heavy atom. The minimum atomic E-state index is -0.232. The molecule has 1 aliphatic rings. The Morgan fingerprint density at radius 2 is 2.00 bits per heavy atom. The third kappa shape index (κ3) is 4.24. The first-order valence-electron chi connectivity index (χ1n) is 8.90. The minimum Gasteiger partial charge on any atom is -0.350 e. The summed E-state index contributed by atoms with van der Waals surface area (Å²) in [7, 11) is 0. The zero-order valence-corrected chi connectivity index (χ0v) is 16.1. The van der Waals surface area contributed by atoms with Crippen LogP contribution in [0.4, 0.5) is 0 Å². The highest BCUT2D eigenvalue weighted by atomic mass is 32.2. The van der Waals surface area contributed by atoms with E-state index in [0.717, 1.165) is 35.9 Å². The number of nitrogens with one attached hydrogen (secondary N) is 1. The summed E-state index contributed by atoms with van der Waals surface area (Å²) in [4.78, 5) is 12.5. The van der Waals surface area contributed by atoms with Gasteiger partial charge in [0.15, 0.2) is 5.16 Å². The van der Waals surface area contributed by atoms with E-state index in [1.807, 2.05) is 39.0 Å². The molecule has 1 unspecified atom stereocenters. The molecule has 0 spiro atoms. The molecule has 6 heteroatoms. The summed E-state index contributed by atoms with van der Waals surface area (Å²) in [6, 6.07) is 10.1. The topological polar surface area (TPSA) is 59.8 Å². The van der Waals surface area contributed by atoms with Gasteiger partial charge in [-0.3, -0.25) is 9.36 Å². The lowest BCUT2D eigenvalue weighted by molar-refractivity contribution is -0.121. The Morgan fingerprint density at radius 1 is 1.32 bits per heavy atom. The van der Waals surface area contributed by atoms with Crippen LogP contribution in [-0.4, -0.2) is 31.5 Å². The molecule has 0 saturated heterocycles. The van der Waals surface area contributed by atoms with Crippen molar-refractivity contribution in [2.75, 3.05) is 0 Å². The monoisotopic (exact) mass is 358 g/mol. The lowest BCUT2D eigenvalue weighted by Gasteiger charge is -2.26. The van der Waals surface area contributed by atoms with E-state index in [2.05, 4.69) is 39.1 Å². The Labute approximate surface area is 153 Å². The lowest BCUT2D eigenvalue weighted by Crippen LogP contribution is -2.46. The van der Waals surface area contributed by atoms with Crippen molar-refractivity contribution in [3.63, 3.8) is 0 Å². The Hall–Kier alpha value is -1.82. The van der Waals surface area contributed by atoms with Crippen LogP contribution in [-0.2, 0) is 4.79 Å². The number of aromatic nitrogens is 3. The van der Waals surface area contributed by atoms with E-state index in [4.69, 9.17) is 0 Å². The first kappa shape index (κ1) is 18.0. The number of thioether (sulfide) groups is 1. The Balaban J connectivity index is 1.82. The standard InChI is InChI=1S/C19H26N4OS/c1-5-19(3,4)20-17(24)13(2)25-18-22-21-16(14-11-12-14)23(18)15-9-7-6-8-10-15/h6-10,13-14H,5,11-12H2,1-4H3,(H,20,24). The molecule has 5 nitrogen and oxygen atoms in total. The Kier molecular flexibility index (Phi) is 5.18. The molecule has 2 aromatic rings. The van der Waals surface area contributed by atoms with Crippen LogP contribution in [0.2, 0.25) is 0 Å². The number of carbonyl (C=O) groups excluding carboxylic acids is 1. The molecule has 1 amide bonds. The van der Waals surface area contributed by atoms with Gasteiger partial charge in [-0.1, -0.05) is 36.9 Å². The minimum absolute atomic E-state index is 0.0347. The SMILES string of the molecule is CCC(C)(C)NC(=O)C(C)Sc1nnc(C2CC2)n1-c1ccccc1. The van der Waals surface area contributed by atoms with Crippen LogP contribution >= 0.6 is 11.8 Å². The van der Waals surface area contributed by atoms with Crippen molar-refractivity contribution in [2.45, 2.75) is 68.8 Å². The summed E-state index contributed by atoms with van der Waals surface area (Å²) in [5, 5.41) is 12.5. The van der Waals surface area contributed by atoms with Gasteiger partial charge in [0.25, 0.3) is 0 Å². The summed E-state index contributed by atoms with van der Waals surface area (Å²) >= 11 is 1.47. The van der Waals surface area contributed by atoms with Crippen molar-refractivity contribution in [1.82, 2.24) is 20.1 Å². The maximum atomic E-state index is 12.5. The maximum Gasteiger partial charge on any atom is 0.233 e. The number of nitrogens with zero attached hydrogens (tertiary/aromatic N) is 3. The average Bonchev–Trinajstić information content (AvgIpc) is 3.36. The normalized spacial score (nSPS) is 15.8. The van der Waals surface area contributed by atoms with Gasteiger partial charge in [0.05, 0.1) is 5.25 Å². The van der Waals surface area contributed by atoms with E-state index < -0.39 is 0 Å². The van der Waals surface area contributed by atoms with Gasteiger partial charge < -0.3 is 5.32 Å². The highest BCUT2D eigenvalue weighted by Gasteiger charge is 2.32. The van der Waals surface area contributed by atoms with Crippen LogP contribution in [0.3, 0.4) is 0 Å². The lowest BCUT2D eigenvalue weighted by atomic mass is 10.0. The summed E-state index contributed by atoms with van der Waals surface area (Å²) in [6.07, 6.45) is 3.22. The van der Waals surface area contributed by atoms with Crippen molar-refractivity contribution in [1.29, 1.82) is 0 Å². The maximum absolute atomic E-state index is 12.5. The molecule has 1 atom stereocenters. The van der Waals surface area contributed by atoms with E-state index in [1.165, 1.54) is 11.8 Å². The smallest absolute Gasteiger partial charge is 0.233 e. The van der Waals surface area contributed by atoms with Crippen molar-refractivity contribution < 1.29 is 4.79 Å². The predicted molar refractivity (Wildman–Crippen MR) is 101 cm³/mol. The fourth-order valence-electron chi connectivity index (χ4n) is 2.52. The van der Waals surface area contributed by atoms with Crippen molar-refractivity contribution >= 4 is 17.7 Å². The molecule has 0 bridgehead atoms. The molecule has 25 heavy (non-hydrogen) atoms. The number of rotatable bonds is 7. The number of benzene rings is 1. The van der Waals surface area contributed by atoms with Gasteiger partial charge in [0, 0.05) is 17.1 Å². The highest BCUT2D eigenvalue weighted by molar-refractivity contribution is 8.00. The molecule has 3 rings (SSSR count). The van der Waals surface area contributed by atoms with E-state index in [-0.39, 0.29) is 16.7 Å². The zero-order chi connectivity index (χ0) is 18.0. The number of hydrogen-bond acceptors (Lipinski definition) is 4. The summed E-state index contributed by atoms with van der Waals surface area (Å²) < 4.78 is 2.11. The predicted octanol–water partition coefficient (Wildman–Crippen LogP) is 3.93. The van der Waals surface area contributed by atoms with E-state index in [9.17, 15) is 4.79 Å². The molecule has 0 radical (unpaired) electrons. The second-order valence-electron chi connectivity index (χ2n) is 7.27. The molecule has 1 N–H and O–H groups in total. The molecule has 134 valence electrons. The van der Waals surface area contributed by atoms with Gasteiger partial charge in [0.2, 0.25) is 5.91 Å². The van der Waals surface area contributed by atoms with Crippen molar-refractivity contribution in [3.05, 3.63) is 36.2 Å². The molecule has 1 fully saturated rings. The summed E-state index contributed by atoms with van der Waals surface area (Å²) in [5.41, 5.74) is 0.858. The second kappa shape index (κ2) is 7.20. The summed E-state index contributed by atoms with van der Waals surface area (Å²) in [5.74, 6) is 1.54. The molecule has 1 heterocycles. The fourth-order valence-corrected chi connectivity index (χ4v) is 3.39. The van der Waals surface area contributed by atoms with Gasteiger partial charge in [-0.15, -0.1) is 10.2 Å². The quantitative estimate of drug-likeness (QED) is 0.762. The van der Waals surface area contributed by atoms with Gasteiger partial charge >= 0.3 is 0 Å². The van der Waals surface area contributed by atoms with E-state index >= 15 is 0 Å². The van der Waals surface area contributed by atoms with E-state index in [1.54, 1.807) is 0 Å². The first-order valence-corrected chi connectivity index (χ1v) is 9.78. The van der Waals surface area contributed by atoms with E-state index in [0.29, 0.717) is 5.92 Å². The van der Waals surface area contributed by atoms with Crippen LogP contribution in [0.15, 0.2) is 35.5 Å². The van der Waals surface area contributed by atoms with Crippen molar-refractivity contribution in [2.24, 2.45) is 0 Å². The molecule has 1 aromatic carbocycles. The molecule has 1 saturated carbocycles. The molecule has 1 aromatic heterocycles. The fraction of sp³-hybridized carbons (Fsp3) is 0.526. The number of para-hydroxylation sites is 1. The van der Waals surface area contributed by atoms with Gasteiger partial charge in [0.1, 0.15) is 5.82 Å². The number of carbonyl (C=O) groups is 1. The van der Waals surface area contributed by atoms with Crippen LogP contribution in [0.1, 0.15) is 58.7 Å².